The van der Waals surface area contributed by atoms with Crippen molar-refractivity contribution in [1.29, 1.82) is 0 Å². The lowest BCUT2D eigenvalue weighted by molar-refractivity contribution is 0.0753. The van der Waals surface area contributed by atoms with Crippen molar-refractivity contribution in [2.75, 3.05) is 13.1 Å². The normalized spacial score (nSPS) is 16.7. The first-order valence-corrected chi connectivity index (χ1v) is 10.5. The summed E-state index contributed by atoms with van der Waals surface area (Å²) in [5, 5.41) is 12.3. The molecule has 0 aliphatic carbocycles. The molecule has 8 heteroatoms. The quantitative estimate of drug-likeness (QED) is 0.582. The molecule has 0 aromatic carbocycles. The number of amides is 1. The van der Waals surface area contributed by atoms with E-state index in [2.05, 4.69) is 29.2 Å². The molecule has 1 fully saturated rings. The number of carbonyl (C=O) groups excluding carboxylic acids is 1. The fraction of sp³-hybridized carbons (Fsp3) is 0.545. The number of hydrogen-bond acceptors (Lipinski definition) is 7. The van der Waals surface area contributed by atoms with E-state index in [0.717, 1.165) is 35.6 Å². The van der Waals surface area contributed by atoms with E-state index in [1.54, 1.807) is 6.07 Å². The summed E-state index contributed by atoms with van der Waals surface area (Å²) < 4.78 is 16.8. The lowest BCUT2D eigenvalue weighted by Crippen LogP contribution is -2.28. The zero-order valence-corrected chi connectivity index (χ0v) is 18.0. The van der Waals surface area contributed by atoms with E-state index in [9.17, 15) is 4.79 Å². The van der Waals surface area contributed by atoms with Gasteiger partial charge in [0.2, 0.25) is 11.8 Å². The van der Waals surface area contributed by atoms with Crippen LogP contribution in [0.5, 0.6) is 0 Å². The van der Waals surface area contributed by atoms with Crippen molar-refractivity contribution >= 4 is 5.91 Å². The minimum Gasteiger partial charge on any atom is -0.456 e. The van der Waals surface area contributed by atoms with Gasteiger partial charge < -0.3 is 18.3 Å². The fourth-order valence-corrected chi connectivity index (χ4v) is 3.91. The van der Waals surface area contributed by atoms with E-state index in [0.29, 0.717) is 55.3 Å². The molecule has 1 amide bonds. The lowest BCUT2D eigenvalue weighted by atomic mass is 10.1. The van der Waals surface area contributed by atoms with Crippen LogP contribution in [0.25, 0.3) is 0 Å². The van der Waals surface area contributed by atoms with Gasteiger partial charge in [0.1, 0.15) is 11.5 Å². The highest BCUT2D eigenvalue weighted by Gasteiger charge is 2.30. The third-order valence-electron chi connectivity index (χ3n) is 5.53. The van der Waals surface area contributed by atoms with Gasteiger partial charge in [-0.15, -0.1) is 10.2 Å². The fourth-order valence-electron chi connectivity index (χ4n) is 3.91. The molecule has 1 atom stereocenters. The number of nitrogens with zero attached hydrogens (tertiary/aromatic N) is 4. The van der Waals surface area contributed by atoms with Crippen LogP contribution in [0.15, 0.2) is 25.5 Å². The van der Waals surface area contributed by atoms with Gasteiger partial charge in [-0.1, -0.05) is 19.0 Å². The molecule has 0 spiro atoms. The van der Waals surface area contributed by atoms with Crippen LogP contribution in [0.1, 0.15) is 65.4 Å². The van der Waals surface area contributed by atoms with Crippen molar-refractivity contribution in [2.45, 2.75) is 53.4 Å². The van der Waals surface area contributed by atoms with Crippen LogP contribution in [0.3, 0.4) is 0 Å². The van der Waals surface area contributed by atoms with Crippen molar-refractivity contribution in [3.05, 3.63) is 52.5 Å². The van der Waals surface area contributed by atoms with E-state index >= 15 is 0 Å². The summed E-state index contributed by atoms with van der Waals surface area (Å²) in [5.41, 5.74) is 1.85. The second kappa shape index (κ2) is 8.45. The van der Waals surface area contributed by atoms with Gasteiger partial charge in [-0.25, -0.2) is 0 Å². The standard InChI is InChI=1S/C22H28N4O4/c1-13(2)9-20-23-24-21(29-20)10-16-7-8-26(12-16)22(27)19-6-5-17(28-19)11-18-14(3)25-30-15(18)4/h5-6,13,16H,7-12H2,1-4H3. The number of likely N-dealkylation sites (tertiary alicyclic amines) is 1. The molecule has 0 radical (unpaired) electrons. The first-order valence-electron chi connectivity index (χ1n) is 10.5. The Bertz CT molecular complexity index is 997. The molecular formula is C22H28N4O4. The van der Waals surface area contributed by atoms with Crippen molar-refractivity contribution < 1.29 is 18.2 Å². The third-order valence-corrected chi connectivity index (χ3v) is 5.53. The van der Waals surface area contributed by atoms with Crippen LogP contribution < -0.4 is 0 Å². The third kappa shape index (κ3) is 4.47. The molecule has 1 saturated heterocycles. The molecule has 0 saturated carbocycles. The number of rotatable bonds is 7. The van der Waals surface area contributed by atoms with Gasteiger partial charge in [0.15, 0.2) is 5.76 Å². The molecule has 8 nitrogen and oxygen atoms in total. The van der Waals surface area contributed by atoms with E-state index < -0.39 is 0 Å². The topological polar surface area (TPSA) is 98.4 Å². The number of aromatic nitrogens is 3. The number of furan rings is 1. The lowest BCUT2D eigenvalue weighted by Gasteiger charge is -2.14. The monoisotopic (exact) mass is 412 g/mol. The summed E-state index contributed by atoms with van der Waals surface area (Å²) in [6, 6.07) is 3.60. The van der Waals surface area contributed by atoms with Crippen LogP contribution in [-0.4, -0.2) is 39.3 Å². The Kier molecular flexibility index (Phi) is 5.74. The summed E-state index contributed by atoms with van der Waals surface area (Å²) >= 11 is 0. The molecule has 1 unspecified atom stereocenters. The summed E-state index contributed by atoms with van der Waals surface area (Å²) in [7, 11) is 0. The molecule has 4 rings (SSSR count). The van der Waals surface area contributed by atoms with Gasteiger partial charge in [-0.2, -0.15) is 0 Å². The maximum Gasteiger partial charge on any atom is 0.289 e. The first kappa shape index (κ1) is 20.4. The Hall–Kier alpha value is -2.90. The second-order valence-corrected chi connectivity index (χ2v) is 8.54. The predicted octanol–water partition coefficient (Wildman–Crippen LogP) is 3.76. The minimum atomic E-state index is -0.0754. The Labute approximate surface area is 175 Å². The average Bonchev–Trinajstić information content (AvgIpc) is 3.48. The predicted molar refractivity (Wildman–Crippen MR) is 108 cm³/mol. The van der Waals surface area contributed by atoms with Gasteiger partial charge in [0, 0.05) is 37.9 Å². The summed E-state index contributed by atoms with van der Waals surface area (Å²) in [4.78, 5) is 14.7. The van der Waals surface area contributed by atoms with Gasteiger partial charge in [0.25, 0.3) is 5.91 Å². The largest absolute Gasteiger partial charge is 0.456 e. The number of hydrogen-bond donors (Lipinski definition) is 0. The van der Waals surface area contributed by atoms with Crippen LogP contribution >= 0.6 is 0 Å². The van der Waals surface area contributed by atoms with Crippen LogP contribution in [-0.2, 0) is 19.3 Å². The van der Waals surface area contributed by atoms with E-state index in [1.165, 1.54) is 0 Å². The van der Waals surface area contributed by atoms with Gasteiger partial charge in [0.05, 0.1) is 5.69 Å². The maximum atomic E-state index is 12.9. The van der Waals surface area contributed by atoms with Gasteiger partial charge >= 0.3 is 0 Å². The van der Waals surface area contributed by atoms with E-state index in [4.69, 9.17) is 13.4 Å². The van der Waals surface area contributed by atoms with Crippen LogP contribution in [0, 0.1) is 25.7 Å². The molecule has 1 aliphatic heterocycles. The summed E-state index contributed by atoms with van der Waals surface area (Å²) in [6.45, 7) is 9.40. The highest BCUT2D eigenvalue weighted by molar-refractivity contribution is 5.91. The molecule has 3 aromatic rings. The zero-order valence-electron chi connectivity index (χ0n) is 18.0. The van der Waals surface area contributed by atoms with Gasteiger partial charge in [-0.3, -0.25) is 4.79 Å². The smallest absolute Gasteiger partial charge is 0.289 e. The average molecular weight is 412 g/mol. The molecule has 0 N–H and O–H groups in total. The van der Waals surface area contributed by atoms with E-state index in [-0.39, 0.29) is 5.91 Å². The Balaban J connectivity index is 1.34. The highest BCUT2D eigenvalue weighted by atomic mass is 16.5. The minimum absolute atomic E-state index is 0.0754. The molecule has 30 heavy (non-hydrogen) atoms. The van der Waals surface area contributed by atoms with Crippen molar-refractivity contribution in [3.63, 3.8) is 0 Å². The molecule has 1 aliphatic rings. The molecular weight excluding hydrogens is 384 g/mol. The first-order chi connectivity index (χ1) is 14.4. The second-order valence-electron chi connectivity index (χ2n) is 8.54. The van der Waals surface area contributed by atoms with Crippen LogP contribution in [0.2, 0.25) is 0 Å². The zero-order chi connectivity index (χ0) is 21.3. The number of aryl methyl sites for hydroxylation is 2. The van der Waals surface area contributed by atoms with Crippen molar-refractivity contribution in [1.82, 2.24) is 20.3 Å². The Morgan fingerprint density at radius 1 is 1.20 bits per heavy atom. The summed E-state index contributed by atoms with van der Waals surface area (Å²) in [5.74, 6) is 3.94. The van der Waals surface area contributed by atoms with E-state index in [1.807, 2.05) is 24.8 Å². The maximum absolute atomic E-state index is 12.9. The number of carbonyl (C=O) groups is 1. The van der Waals surface area contributed by atoms with Crippen LogP contribution in [0.4, 0.5) is 0 Å². The molecule has 3 aromatic heterocycles. The van der Waals surface area contributed by atoms with Crippen molar-refractivity contribution in [2.24, 2.45) is 11.8 Å². The Morgan fingerprint density at radius 3 is 2.73 bits per heavy atom. The van der Waals surface area contributed by atoms with Crippen molar-refractivity contribution in [3.8, 4) is 0 Å². The molecule has 4 heterocycles. The SMILES string of the molecule is Cc1noc(C)c1Cc1ccc(C(=O)N2CCC(Cc3nnc(CC(C)C)o3)C2)o1. The highest BCUT2D eigenvalue weighted by Crippen LogP contribution is 2.24. The van der Waals surface area contributed by atoms with Gasteiger partial charge in [-0.05, 0) is 44.2 Å². The molecule has 0 bridgehead atoms. The Morgan fingerprint density at radius 2 is 2.00 bits per heavy atom. The summed E-state index contributed by atoms with van der Waals surface area (Å²) in [6.07, 6.45) is 2.97. The molecule has 160 valence electrons.